The number of benzene rings is 1. The first-order chi connectivity index (χ1) is 11.6. The van der Waals surface area contributed by atoms with Crippen LogP contribution in [-0.2, 0) is 11.3 Å². The highest BCUT2D eigenvalue weighted by Gasteiger charge is 2.15. The number of anilines is 1. The van der Waals surface area contributed by atoms with Gasteiger partial charge in [-0.15, -0.1) is 0 Å². The van der Waals surface area contributed by atoms with Crippen LogP contribution in [0, 0.1) is 6.92 Å². The molecular formula is C17H16N4O3. The van der Waals surface area contributed by atoms with Crippen LogP contribution in [0.1, 0.15) is 28.4 Å². The number of imidazole rings is 1. The third-order valence-corrected chi connectivity index (χ3v) is 3.43. The van der Waals surface area contributed by atoms with E-state index in [2.05, 4.69) is 15.5 Å². The van der Waals surface area contributed by atoms with Crippen molar-refractivity contribution in [1.29, 1.82) is 0 Å². The summed E-state index contributed by atoms with van der Waals surface area (Å²) in [7, 11) is 0. The predicted octanol–water partition coefficient (Wildman–Crippen LogP) is 2.44. The molecular weight excluding hydrogens is 308 g/mol. The molecule has 2 aromatic heterocycles. The van der Waals surface area contributed by atoms with Gasteiger partial charge in [0, 0.05) is 37.0 Å². The smallest absolute Gasteiger partial charge is 0.228 e. The van der Waals surface area contributed by atoms with Crippen LogP contribution in [0.2, 0.25) is 0 Å². The van der Waals surface area contributed by atoms with Gasteiger partial charge in [-0.2, -0.15) is 0 Å². The van der Waals surface area contributed by atoms with Crippen molar-refractivity contribution >= 4 is 17.5 Å². The zero-order valence-electron chi connectivity index (χ0n) is 13.1. The van der Waals surface area contributed by atoms with Gasteiger partial charge in [-0.25, -0.2) is 4.98 Å². The van der Waals surface area contributed by atoms with Gasteiger partial charge in [0.05, 0.1) is 0 Å². The lowest BCUT2D eigenvalue weighted by Gasteiger charge is -2.07. The molecule has 3 aromatic rings. The molecule has 7 heteroatoms. The Balaban J connectivity index is 1.63. The van der Waals surface area contributed by atoms with Crippen molar-refractivity contribution in [2.24, 2.45) is 0 Å². The second kappa shape index (κ2) is 6.91. The maximum absolute atomic E-state index is 12.5. The van der Waals surface area contributed by atoms with E-state index in [1.807, 2.05) is 6.07 Å². The number of nitrogens with zero attached hydrogens (tertiary/aromatic N) is 3. The van der Waals surface area contributed by atoms with Crippen molar-refractivity contribution in [3.8, 4) is 0 Å². The molecule has 0 fully saturated rings. The molecule has 122 valence electrons. The number of hydrogen-bond donors (Lipinski definition) is 1. The number of carbonyl (C=O) groups excluding carboxylic acids is 2. The van der Waals surface area contributed by atoms with E-state index in [0.717, 1.165) is 0 Å². The molecule has 0 aliphatic carbocycles. The minimum absolute atomic E-state index is 0.173. The van der Waals surface area contributed by atoms with Crippen molar-refractivity contribution in [3.63, 3.8) is 0 Å². The number of nitrogens with one attached hydrogen (secondary N) is 1. The second-order valence-electron chi connectivity index (χ2n) is 5.26. The van der Waals surface area contributed by atoms with Gasteiger partial charge in [0.15, 0.2) is 11.6 Å². The highest BCUT2D eigenvalue weighted by molar-refractivity contribution is 6.06. The highest BCUT2D eigenvalue weighted by atomic mass is 16.5. The number of amides is 1. The third kappa shape index (κ3) is 3.57. The number of hydrogen-bond acceptors (Lipinski definition) is 5. The van der Waals surface area contributed by atoms with Gasteiger partial charge in [-0.3, -0.25) is 9.59 Å². The quantitative estimate of drug-likeness (QED) is 0.703. The summed E-state index contributed by atoms with van der Waals surface area (Å²) in [6, 6.07) is 10.6. The minimum atomic E-state index is -0.213. The molecule has 0 aliphatic rings. The Bertz CT molecular complexity index is 852. The first kappa shape index (κ1) is 15.7. The Morgan fingerprint density at radius 2 is 2.04 bits per heavy atom. The third-order valence-electron chi connectivity index (χ3n) is 3.43. The zero-order chi connectivity index (χ0) is 16.9. The molecule has 0 radical (unpaired) electrons. The van der Waals surface area contributed by atoms with Crippen molar-refractivity contribution in [2.75, 3.05) is 5.32 Å². The standard InChI is InChI=1S/C17H16N4O3/c1-12-11-14(20-24-12)19-15(22)7-9-21-10-8-18-17(21)16(23)13-5-3-2-4-6-13/h2-6,8,10-11H,7,9H2,1H3,(H,19,20,22). The molecule has 0 spiro atoms. The molecule has 0 unspecified atom stereocenters. The molecule has 1 N–H and O–H groups in total. The Morgan fingerprint density at radius 1 is 1.25 bits per heavy atom. The van der Waals surface area contributed by atoms with E-state index < -0.39 is 0 Å². The van der Waals surface area contributed by atoms with E-state index in [4.69, 9.17) is 4.52 Å². The summed E-state index contributed by atoms with van der Waals surface area (Å²) in [6.45, 7) is 2.09. The second-order valence-corrected chi connectivity index (χ2v) is 5.26. The van der Waals surface area contributed by atoms with E-state index >= 15 is 0 Å². The van der Waals surface area contributed by atoms with Crippen LogP contribution in [0.4, 0.5) is 5.82 Å². The number of rotatable bonds is 6. The Morgan fingerprint density at radius 3 is 2.75 bits per heavy atom. The van der Waals surface area contributed by atoms with Crippen LogP contribution in [0.15, 0.2) is 53.3 Å². The lowest BCUT2D eigenvalue weighted by Crippen LogP contribution is -2.17. The molecule has 24 heavy (non-hydrogen) atoms. The summed E-state index contributed by atoms with van der Waals surface area (Å²) < 4.78 is 6.56. The molecule has 0 atom stereocenters. The molecule has 3 rings (SSSR count). The summed E-state index contributed by atoms with van der Waals surface area (Å²) in [5.41, 5.74) is 0.562. The average Bonchev–Trinajstić information content (AvgIpc) is 3.22. The van der Waals surface area contributed by atoms with E-state index in [1.165, 1.54) is 0 Å². The summed E-state index contributed by atoms with van der Waals surface area (Å²) >= 11 is 0. The fourth-order valence-electron chi connectivity index (χ4n) is 2.27. The van der Waals surface area contributed by atoms with Gasteiger partial charge >= 0.3 is 0 Å². The molecule has 0 aliphatic heterocycles. The summed E-state index contributed by atoms with van der Waals surface area (Å²) in [4.78, 5) is 28.5. The van der Waals surface area contributed by atoms with E-state index in [9.17, 15) is 9.59 Å². The largest absolute Gasteiger partial charge is 0.360 e. The highest BCUT2D eigenvalue weighted by Crippen LogP contribution is 2.10. The Hall–Kier alpha value is -3.22. The van der Waals surface area contributed by atoms with Gasteiger partial charge < -0.3 is 14.4 Å². The summed E-state index contributed by atoms with van der Waals surface area (Å²) in [5, 5.41) is 6.35. The van der Waals surface area contributed by atoms with Gasteiger partial charge in [-0.05, 0) is 6.92 Å². The molecule has 0 saturated carbocycles. The van der Waals surface area contributed by atoms with Crippen molar-refractivity contribution in [2.45, 2.75) is 19.9 Å². The predicted molar refractivity (Wildman–Crippen MR) is 86.6 cm³/mol. The van der Waals surface area contributed by atoms with Crippen LogP contribution in [0.3, 0.4) is 0 Å². The fraction of sp³-hybridized carbons (Fsp3) is 0.176. The maximum atomic E-state index is 12.5. The van der Waals surface area contributed by atoms with Crippen LogP contribution in [0.5, 0.6) is 0 Å². The van der Waals surface area contributed by atoms with Gasteiger partial charge in [0.2, 0.25) is 11.7 Å². The fourth-order valence-corrected chi connectivity index (χ4v) is 2.27. The first-order valence-electron chi connectivity index (χ1n) is 7.47. The van der Waals surface area contributed by atoms with Crippen LogP contribution >= 0.6 is 0 Å². The molecule has 2 heterocycles. The molecule has 0 bridgehead atoms. The summed E-state index contributed by atoms with van der Waals surface area (Å²) in [5.74, 6) is 0.925. The first-order valence-corrected chi connectivity index (χ1v) is 7.47. The molecule has 0 saturated heterocycles. The average molecular weight is 324 g/mol. The Labute approximate surface area is 138 Å². The van der Waals surface area contributed by atoms with Crippen LogP contribution in [0.25, 0.3) is 0 Å². The lowest BCUT2D eigenvalue weighted by atomic mass is 10.1. The van der Waals surface area contributed by atoms with Crippen molar-refractivity contribution in [3.05, 3.63) is 65.9 Å². The van der Waals surface area contributed by atoms with E-state index in [0.29, 0.717) is 29.5 Å². The minimum Gasteiger partial charge on any atom is -0.360 e. The van der Waals surface area contributed by atoms with Crippen molar-refractivity contribution in [1.82, 2.24) is 14.7 Å². The molecule has 7 nitrogen and oxygen atoms in total. The van der Waals surface area contributed by atoms with Crippen LogP contribution < -0.4 is 5.32 Å². The van der Waals surface area contributed by atoms with Crippen molar-refractivity contribution < 1.29 is 14.1 Å². The normalized spacial score (nSPS) is 10.5. The van der Waals surface area contributed by atoms with E-state index in [-0.39, 0.29) is 18.1 Å². The Kier molecular flexibility index (Phi) is 4.51. The molecule has 1 amide bonds. The SMILES string of the molecule is Cc1cc(NC(=O)CCn2ccnc2C(=O)c2ccccc2)no1. The van der Waals surface area contributed by atoms with E-state index in [1.54, 1.807) is 54.2 Å². The summed E-state index contributed by atoms with van der Waals surface area (Å²) in [6.07, 6.45) is 3.43. The number of ketones is 1. The number of aromatic nitrogens is 3. The van der Waals surface area contributed by atoms with Gasteiger partial charge in [-0.1, -0.05) is 35.5 Å². The zero-order valence-corrected chi connectivity index (χ0v) is 13.1. The topological polar surface area (TPSA) is 90.0 Å². The van der Waals surface area contributed by atoms with Gasteiger partial charge in [0.25, 0.3) is 0 Å². The number of carbonyl (C=O) groups is 2. The van der Waals surface area contributed by atoms with Gasteiger partial charge in [0.1, 0.15) is 5.76 Å². The number of aryl methyl sites for hydroxylation is 2. The molecule has 1 aromatic carbocycles. The van der Waals surface area contributed by atoms with Crippen LogP contribution in [-0.4, -0.2) is 26.4 Å². The maximum Gasteiger partial charge on any atom is 0.228 e. The monoisotopic (exact) mass is 324 g/mol. The lowest BCUT2D eigenvalue weighted by molar-refractivity contribution is -0.116.